The molecule has 2 N–H and O–H groups in total. The molecule has 0 fully saturated rings. The fourth-order valence-corrected chi connectivity index (χ4v) is 2.05. The molecule has 0 saturated heterocycles. The Morgan fingerprint density at radius 1 is 0.810 bits per heavy atom. The zero-order valence-corrected chi connectivity index (χ0v) is 11.4. The van der Waals surface area contributed by atoms with Crippen molar-refractivity contribution < 1.29 is 0 Å². The van der Waals surface area contributed by atoms with Gasteiger partial charge in [-0.25, -0.2) is 15.0 Å². The van der Waals surface area contributed by atoms with E-state index in [9.17, 15) is 0 Å². The van der Waals surface area contributed by atoms with Crippen molar-refractivity contribution in [2.75, 3.05) is 10.6 Å². The highest BCUT2D eigenvalue weighted by Crippen LogP contribution is 2.23. The third-order valence-corrected chi connectivity index (χ3v) is 3.00. The van der Waals surface area contributed by atoms with E-state index in [1.165, 1.54) is 0 Å². The maximum absolute atomic E-state index is 5.75. The van der Waals surface area contributed by atoms with Gasteiger partial charge in [-0.15, -0.1) is 0 Å². The van der Waals surface area contributed by atoms with Gasteiger partial charge in [0.05, 0.1) is 12.2 Å². The van der Waals surface area contributed by atoms with Gasteiger partial charge in [-0.05, 0) is 36.4 Å². The molecule has 104 valence electrons. The SMILES string of the molecule is Nc1cccc(CN(c2ccccn2)c2ccccn2)n1. The number of anilines is 3. The first-order valence-corrected chi connectivity index (χ1v) is 6.64. The van der Waals surface area contributed by atoms with Crippen LogP contribution < -0.4 is 10.6 Å². The van der Waals surface area contributed by atoms with Crippen LogP contribution in [0, 0.1) is 0 Å². The van der Waals surface area contributed by atoms with Crippen LogP contribution in [0.2, 0.25) is 0 Å². The van der Waals surface area contributed by atoms with Crippen LogP contribution in [0.3, 0.4) is 0 Å². The van der Waals surface area contributed by atoms with Crippen molar-refractivity contribution >= 4 is 17.5 Å². The summed E-state index contributed by atoms with van der Waals surface area (Å²) in [5, 5.41) is 0. The second-order valence-corrected chi connectivity index (χ2v) is 4.52. The summed E-state index contributed by atoms with van der Waals surface area (Å²) >= 11 is 0. The molecule has 3 rings (SSSR count). The molecular formula is C16H15N5. The standard InChI is InChI=1S/C16H15N5/c17-14-7-5-6-13(20-14)12-21(15-8-1-3-10-18-15)16-9-2-4-11-19-16/h1-11H,12H2,(H2,17,20). The fourth-order valence-electron chi connectivity index (χ4n) is 2.05. The van der Waals surface area contributed by atoms with Gasteiger partial charge in [0.2, 0.25) is 0 Å². The highest BCUT2D eigenvalue weighted by molar-refractivity contribution is 5.55. The number of aromatic nitrogens is 3. The number of rotatable bonds is 4. The second kappa shape index (κ2) is 6.00. The first kappa shape index (κ1) is 13.1. The Morgan fingerprint density at radius 2 is 1.48 bits per heavy atom. The van der Waals surface area contributed by atoms with Crippen LogP contribution in [0.5, 0.6) is 0 Å². The largest absolute Gasteiger partial charge is 0.384 e. The molecule has 0 aliphatic carbocycles. The van der Waals surface area contributed by atoms with Crippen LogP contribution in [0.1, 0.15) is 5.69 Å². The normalized spacial score (nSPS) is 10.3. The van der Waals surface area contributed by atoms with E-state index in [0.29, 0.717) is 12.4 Å². The number of pyridine rings is 3. The van der Waals surface area contributed by atoms with E-state index in [1.54, 1.807) is 18.5 Å². The average molecular weight is 277 g/mol. The molecule has 0 aliphatic rings. The number of nitrogen functional groups attached to an aromatic ring is 1. The average Bonchev–Trinajstić information content (AvgIpc) is 2.54. The molecule has 5 nitrogen and oxygen atoms in total. The molecule has 0 atom stereocenters. The van der Waals surface area contributed by atoms with E-state index < -0.39 is 0 Å². The summed E-state index contributed by atoms with van der Waals surface area (Å²) in [5.41, 5.74) is 6.62. The predicted octanol–water partition coefficient (Wildman–Crippen LogP) is 2.79. The molecule has 0 aliphatic heterocycles. The van der Waals surface area contributed by atoms with Gasteiger partial charge in [-0.2, -0.15) is 0 Å². The molecule has 0 bridgehead atoms. The van der Waals surface area contributed by atoms with E-state index in [0.717, 1.165) is 17.3 Å². The lowest BCUT2D eigenvalue weighted by Crippen LogP contribution is -2.19. The van der Waals surface area contributed by atoms with E-state index in [-0.39, 0.29) is 0 Å². The third kappa shape index (κ3) is 3.14. The maximum atomic E-state index is 5.75. The minimum absolute atomic E-state index is 0.509. The summed E-state index contributed by atoms with van der Waals surface area (Å²) in [5.74, 6) is 2.15. The van der Waals surface area contributed by atoms with Crippen molar-refractivity contribution in [2.24, 2.45) is 0 Å². The zero-order chi connectivity index (χ0) is 14.5. The van der Waals surface area contributed by atoms with Crippen molar-refractivity contribution in [3.63, 3.8) is 0 Å². The number of nitrogens with two attached hydrogens (primary N) is 1. The van der Waals surface area contributed by atoms with E-state index >= 15 is 0 Å². The fraction of sp³-hybridized carbons (Fsp3) is 0.0625. The Labute approximate surface area is 123 Å². The first-order valence-electron chi connectivity index (χ1n) is 6.64. The van der Waals surface area contributed by atoms with Gasteiger partial charge < -0.3 is 10.6 Å². The van der Waals surface area contributed by atoms with Crippen molar-refractivity contribution in [3.05, 3.63) is 72.7 Å². The molecule has 5 heteroatoms. The van der Waals surface area contributed by atoms with Crippen LogP contribution in [-0.2, 0) is 6.54 Å². The van der Waals surface area contributed by atoms with Crippen LogP contribution in [0.15, 0.2) is 67.0 Å². The minimum Gasteiger partial charge on any atom is -0.384 e. The first-order chi connectivity index (χ1) is 10.3. The molecule has 0 spiro atoms. The minimum atomic E-state index is 0.509. The predicted molar refractivity (Wildman–Crippen MR) is 83.0 cm³/mol. The lowest BCUT2D eigenvalue weighted by atomic mass is 10.3. The summed E-state index contributed by atoms with van der Waals surface area (Å²) in [6.07, 6.45) is 3.52. The second-order valence-electron chi connectivity index (χ2n) is 4.52. The van der Waals surface area contributed by atoms with Crippen molar-refractivity contribution in [1.82, 2.24) is 15.0 Å². The van der Waals surface area contributed by atoms with Gasteiger partial charge in [-0.1, -0.05) is 18.2 Å². The lowest BCUT2D eigenvalue weighted by Gasteiger charge is -2.22. The molecule has 0 unspecified atom stereocenters. The van der Waals surface area contributed by atoms with Gasteiger partial charge in [0.1, 0.15) is 17.5 Å². The van der Waals surface area contributed by atoms with E-state index in [2.05, 4.69) is 15.0 Å². The summed E-state index contributed by atoms with van der Waals surface area (Å²) in [6, 6.07) is 17.2. The molecule has 3 aromatic heterocycles. The van der Waals surface area contributed by atoms with Crippen molar-refractivity contribution in [1.29, 1.82) is 0 Å². The maximum Gasteiger partial charge on any atom is 0.134 e. The van der Waals surface area contributed by atoms with Gasteiger partial charge in [0.15, 0.2) is 0 Å². The molecule has 0 amide bonds. The van der Waals surface area contributed by atoms with Gasteiger partial charge in [-0.3, -0.25) is 0 Å². The van der Waals surface area contributed by atoms with E-state index in [4.69, 9.17) is 5.73 Å². The summed E-state index contributed by atoms with van der Waals surface area (Å²) in [7, 11) is 0. The molecule has 3 heterocycles. The Morgan fingerprint density at radius 3 is 2.00 bits per heavy atom. The molecule has 21 heavy (non-hydrogen) atoms. The van der Waals surface area contributed by atoms with Crippen LogP contribution in [0.4, 0.5) is 17.5 Å². The molecular weight excluding hydrogens is 262 g/mol. The van der Waals surface area contributed by atoms with Gasteiger partial charge in [0.25, 0.3) is 0 Å². The Bertz CT molecular complexity index is 661. The smallest absolute Gasteiger partial charge is 0.134 e. The molecule has 0 saturated carbocycles. The topological polar surface area (TPSA) is 67.9 Å². The zero-order valence-electron chi connectivity index (χ0n) is 11.4. The summed E-state index contributed by atoms with van der Waals surface area (Å²) in [6.45, 7) is 0.555. The van der Waals surface area contributed by atoms with Gasteiger partial charge in [0, 0.05) is 12.4 Å². The Hall–Kier alpha value is -2.95. The van der Waals surface area contributed by atoms with Crippen LogP contribution in [0.25, 0.3) is 0 Å². The highest BCUT2D eigenvalue weighted by atomic mass is 15.2. The Kier molecular flexibility index (Phi) is 3.73. The summed E-state index contributed by atoms with van der Waals surface area (Å²) in [4.78, 5) is 15.1. The van der Waals surface area contributed by atoms with Crippen LogP contribution >= 0.6 is 0 Å². The quantitative estimate of drug-likeness (QED) is 0.794. The monoisotopic (exact) mass is 277 g/mol. The Balaban J connectivity index is 1.97. The number of hydrogen-bond donors (Lipinski definition) is 1. The van der Waals surface area contributed by atoms with Gasteiger partial charge >= 0.3 is 0 Å². The molecule has 0 radical (unpaired) electrons. The van der Waals surface area contributed by atoms with Crippen LogP contribution in [-0.4, -0.2) is 15.0 Å². The third-order valence-electron chi connectivity index (χ3n) is 3.00. The molecule has 0 aromatic carbocycles. The highest BCUT2D eigenvalue weighted by Gasteiger charge is 2.12. The summed E-state index contributed by atoms with van der Waals surface area (Å²) < 4.78 is 0. The number of nitrogens with zero attached hydrogens (tertiary/aromatic N) is 4. The van der Waals surface area contributed by atoms with Crippen molar-refractivity contribution in [3.8, 4) is 0 Å². The lowest BCUT2D eigenvalue weighted by molar-refractivity contribution is 0.891. The van der Waals surface area contributed by atoms with E-state index in [1.807, 2.05) is 53.4 Å². The van der Waals surface area contributed by atoms with Crippen molar-refractivity contribution in [2.45, 2.75) is 6.54 Å². The molecule has 3 aromatic rings. The number of hydrogen-bond acceptors (Lipinski definition) is 5.